The van der Waals surface area contributed by atoms with E-state index in [1.54, 1.807) is 35.3 Å². The number of carbonyl (C=O) groups excluding carboxylic acids is 3. The molecule has 0 aliphatic carbocycles. The molecule has 4 rings (SSSR count). The average Bonchev–Trinajstić information content (AvgIpc) is 3.10. The minimum atomic E-state index is -0.475. The normalized spacial score (nSPS) is 16.9. The molecular formula is C29H30Cl2N2O5S. The molecule has 0 atom stereocenters. The van der Waals surface area contributed by atoms with Crippen LogP contribution in [0.3, 0.4) is 0 Å². The Kier molecular flexibility index (Phi) is 9.99. The number of benzene rings is 2. The van der Waals surface area contributed by atoms with E-state index in [0.29, 0.717) is 46.6 Å². The molecule has 2 aromatic rings. The van der Waals surface area contributed by atoms with Crippen LogP contribution in [0.5, 0.6) is 11.5 Å². The summed E-state index contributed by atoms with van der Waals surface area (Å²) < 4.78 is 11.7. The second-order valence-corrected chi connectivity index (χ2v) is 11.1. The predicted octanol–water partition coefficient (Wildman–Crippen LogP) is 6.75. The Balaban J connectivity index is 1.53. The molecule has 7 nitrogen and oxygen atoms in total. The van der Waals surface area contributed by atoms with Gasteiger partial charge >= 0.3 is 0 Å². The lowest BCUT2D eigenvalue weighted by Crippen LogP contribution is -2.42. The summed E-state index contributed by atoms with van der Waals surface area (Å²) in [6, 6.07) is 8.89. The van der Waals surface area contributed by atoms with Crippen molar-refractivity contribution >= 4 is 58.1 Å². The number of hydrogen-bond donors (Lipinski definition) is 0. The lowest BCUT2D eigenvalue weighted by Gasteiger charge is -2.22. The molecule has 0 radical (unpaired) electrons. The summed E-state index contributed by atoms with van der Waals surface area (Å²) in [6.07, 6.45) is 7.92. The van der Waals surface area contributed by atoms with Gasteiger partial charge in [-0.2, -0.15) is 0 Å². The molecule has 0 saturated carbocycles. The Morgan fingerprint density at radius 3 is 2.49 bits per heavy atom. The molecule has 0 unspecified atom stereocenters. The van der Waals surface area contributed by atoms with Crippen LogP contribution in [0, 0.1) is 0 Å². The Morgan fingerprint density at radius 2 is 1.82 bits per heavy atom. The van der Waals surface area contributed by atoms with E-state index < -0.39 is 11.1 Å². The predicted molar refractivity (Wildman–Crippen MR) is 155 cm³/mol. The number of ether oxygens (including phenoxy) is 2. The number of rotatable bonds is 9. The molecule has 2 fully saturated rings. The minimum Gasteiger partial charge on any atom is -0.493 e. The maximum atomic E-state index is 13.1. The molecule has 2 aliphatic rings. The van der Waals surface area contributed by atoms with E-state index in [2.05, 4.69) is 6.58 Å². The van der Waals surface area contributed by atoms with Gasteiger partial charge in [-0.25, -0.2) is 0 Å². The number of likely N-dealkylation sites (tertiary alicyclic amines) is 1. The standard InChI is InChI=1S/C29H30Cl2N2O5S/c1-3-8-21-13-20(15-24(37-2)27(21)38-18-19-9-10-22(30)23(31)14-19)16-25-28(35)33(29(36)39-25)17-26(34)32-11-6-4-5-7-12-32/h3,9-10,13-16H,1,4-8,11-12,17-18H2,2H3. The Bertz CT molecular complexity index is 1300. The lowest BCUT2D eigenvalue weighted by atomic mass is 10.0. The van der Waals surface area contributed by atoms with Crippen LogP contribution in [0.25, 0.3) is 6.08 Å². The van der Waals surface area contributed by atoms with Crippen molar-refractivity contribution in [3.8, 4) is 11.5 Å². The Labute approximate surface area is 242 Å². The average molecular weight is 590 g/mol. The Hall–Kier alpha value is -2.94. The zero-order valence-corrected chi connectivity index (χ0v) is 24.0. The third-order valence-electron chi connectivity index (χ3n) is 6.53. The molecule has 2 aliphatic heterocycles. The highest BCUT2D eigenvalue weighted by atomic mass is 35.5. The number of allylic oxidation sites excluding steroid dienone is 1. The van der Waals surface area contributed by atoms with E-state index >= 15 is 0 Å². The fourth-order valence-electron chi connectivity index (χ4n) is 4.52. The SMILES string of the molecule is C=CCc1cc(C=C2SC(=O)N(CC(=O)N3CCCCCC3)C2=O)cc(OC)c1OCc1ccc(Cl)c(Cl)c1. The van der Waals surface area contributed by atoms with Crippen LogP contribution in [0.15, 0.2) is 47.9 Å². The summed E-state index contributed by atoms with van der Waals surface area (Å²) in [5.41, 5.74) is 2.30. The van der Waals surface area contributed by atoms with Crippen LogP contribution in [-0.4, -0.2) is 53.6 Å². The van der Waals surface area contributed by atoms with Gasteiger partial charge in [-0.15, -0.1) is 6.58 Å². The third-order valence-corrected chi connectivity index (χ3v) is 8.18. The summed E-state index contributed by atoms with van der Waals surface area (Å²) in [4.78, 5) is 41.6. The molecule has 2 saturated heterocycles. The van der Waals surface area contributed by atoms with Crippen LogP contribution < -0.4 is 9.47 Å². The number of imide groups is 1. The summed E-state index contributed by atoms with van der Waals surface area (Å²) in [5.74, 6) is 0.337. The van der Waals surface area contributed by atoms with Gasteiger partial charge in [0.2, 0.25) is 5.91 Å². The van der Waals surface area contributed by atoms with Gasteiger partial charge < -0.3 is 14.4 Å². The van der Waals surface area contributed by atoms with Gasteiger partial charge in [0.1, 0.15) is 13.2 Å². The van der Waals surface area contributed by atoms with Crippen LogP contribution in [0.1, 0.15) is 42.4 Å². The van der Waals surface area contributed by atoms with Gasteiger partial charge in [-0.05, 0) is 72.5 Å². The fourth-order valence-corrected chi connectivity index (χ4v) is 5.68. The van der Waals surface area contributed by atoms with Crippen molar-refractivity contribution in [3.05, 3.63) is 74.6 Å². The van der Waals surface area contributed by atoms with Gasteiger partial charge in [0.25, 0.3) is 11.1 Å². The minimum absolute atomic E-state index is 0.195. The third kappa shape index (κ3) is 7.18. The van der Waals surface area contributed by atoms with Crippen molar-refractivity contribution < 1.29 is 23.9 Å². The highest BCUT2D eigenvalue weighted by Crippen LogP contribution is 2.38. The molecule has 2 heterocycles. The molecular weight excluding hydrogens is 559 g/mol. The molecule has 206 valence electrons. The van der Waals surface area contributed by atoms with Crippen LogP contribution in [-0.2, 0) is 22.6 Å². The van der Waals surface area contributed by atoms with E-state index in [0.717, 1.165) is 53.5 Å². The van der Waals surface area contributed by atoms with E-state index in [1.807, 2.05) is 12.1 Å². The summed E-state index contributed by atoms with van der Waals surface area (Å²) in [5, 5.41) is 0.452. The van der Waals surface area contributed by atoms with E-state index in [9.17, 15) is 14.4 Å². The van der Waals surface area contributed by atoms with Crippen LogP contribution in [0.4, 0.5) is 4.79 Å². The lowest BCUT2D eigenvalue weighted by molar-refractivity contribution is -0.135. The van der Waals surface area contributed by atoms with E-state index in [1.165, 1.54) is 7.11 Å². The van der Waals surface area contributed by atoms with Gasteiger partial charge in [0.15, 0.2) is 11.5 Å². The molecule has 39 heavy (non-hydrogen) atoms. The number of thioether (sulfide) groups is 1. The Morgan fingerprint density at radius 1 is 1.08 bits per heavy atom. The second kappa shape index (κ2) is 13.4. The number of methoxy groups -OCH3 is 1. The van der Waals surface area contributed by atoms with E-state index in [4.69, 9.17) is 32.7 Å². The fraction of sp³-hybridized carbons (Fsp3) is 0.345. The highest BCUT2D eigenvalue weighted by Gasteiger charge is 2.37. The van der Waals surface area contributed by atoms with Crippen molar-refractivity contribution in [1.29, 1.82) is 0 Å². The number of carbonyl (C=O) groups is 3. The number of hydrogen-bond acceptors (Lipinski definition) is 6. The first-order chi connectivity index (χ1) is 18.8. The smallest absolute Gasteiger partial charge is 0.294 e. The molecule has 3 amide bonds. The number of amides is 3. The monoisotopic (exact) mass is 588 g/mol. The van der Waals surface area contributed by atoms with Crippen LogP contribution >= 0.6 is 35.0 Å². The molecule has 0 spiro atoms. The van der Waals surface area contributed by atoms with Crippen molar-refractivity contribution in [2.45, 2.75) is 38.7 Å². The largest absolute Gasteiger partial charge is 0.493 e. The van der Waals surface area contributed by atoms with Crippen molar-refractivity contribution in [1.82, 2.24) is 9.80 Å². The van der Waals surface area contributed by atoms with Gasteiger partial charge in [-0.1, -0.05) is 48.2 Å². The molecule has 0 bridgehead atoms. The van der Waals surface area contributed by atoms with Gasteiger partial charge in [-0.3, -0.25) is 19.3 Å². The number of nitrogens with zero attached hydrogens (tertiary/aromatic N) is 2. The number of halogens is 2. The quantitative estimate of drug-likeness (QED) is 0.238. The molecule has 2 aromatic carbocycles. The topological polar surface area (TPSA) is 76.2 Å². The van der Waals surface area contributed by atoms with Crippen LogP contribution in [0.2, 0.25) is 10.0 Å². The first kappa shape index (κ1) is 29.1. The molecule has 10 heteroatoms. The zero-order chi connectivity index (χ0) is 27.9. The maximum Gasteiger partial charge on any atom is 0.294 e. The van der Waals surface area contributed by atoms with Crippen molar-refractivity contribution in [2.24, 2.45) is 0 Å². The molecule has 0 aromatic heterocycles. The first-order valence-corrected chi connectivity index (χ1v) is 14.3. The zero-order valence-electron chi connectivity index (χ0n) is 21.7. The maximum absolute atomic E-state index is 13.1. The van der Waals surface area contributed by atoms with E-state index in [-0.39, 0.29) is 24.0 Å². The second-order valence-electron chi connectivity index (χ2n) is 9.30. The summed E-state index contributed by atoms with van der Waals surface area (Å²) in [6.45, 7) is 5.16. The van der Waals surface area contributed by atoms with Gasteiger partial charge in [0.05, 0.1) is 22.1 Å². The first-order valence-electron chi connectivity index (χ1n) is 12.7. The molecule has 0 N–H and O–H groups in total. The van der Waals surface area contributed by atoms with Crippen molar-refractivity contribution in [3.63, 3.8) is 0 Å². The van der Waals surface area contributed by atoms with Crippen molar-refractivity contribution in [2.75, 3.05) is 26.7 Å². The van der Waals surface area contributed by atoms with Gasteiger partial charge in [0, 0.05) is 18.7 Å². The highest BCUT2D eigenvalue weighted by molar-refractivity contribution is 8.18. The summed E-state index contributed by atoms with van der Waals surface area (Å²) in [7, 11) is 1.53. The summed E-state index contributed by atoms with van der Waals surface area (Å²) >= 11 is 13.0.